The van der Waals surface area contributed by atoms with Crippen molar-refractivity contribution in [1.82, 2.24) is 0 Å². The van der Waals surface area contributed by atoms with Crippen LogP contribution in [-0.4, -0.2) is 29.9 Å². The minimum absolute atomic E-state index is 0.151. The highest BCUT2D eigenvalue weighted by Gasteiger charge is 2.49. The van der Waals surface area contributed by atoms with Crippen LogP contribution in [0.4, 0.5) is 0 Å². The number of esters is 1. The molecule has 0 aromatic carbocycles. The van der Waals surface area contributed by atoms with Gasteiger partial charge in [0.25, 0.3) is 0 Å². The lowest BCUT2D eigenvalue weighted by Crippen LogP contribution is -2.22. The summed E-state index contributed by atoms with van der Waals surface area (Å²) in [6, 6.07) is 0. The molecule has 0 saturated carbocycles. The van der Waals surface area contributed by atoms with Gasteiger partial charge in [-0.3, -0.25) is 9.59 Å². The lowest BCUT2D eigenvalue weighted by Gasteiger charge is -2.06. The SMILES string of the molecule is O=C1C[C@H]2[C@H](OC[C@H]2C(=O)O)O1. The average molecular weight is 172 g/mol. The summed E-state index contributed by atoms with van der Waals surface area (Å²) in [5.74, 6) is -2.15. The van der Waals surface area contributed by atoms with E-state index in [1.165, 1.54) is 0 Å². The number of rotatable bonds is 1. The fourth-order valence-electron chi connectivity index (χ4n) is 1.62. The standard InChI is InChI=1S/C7H8O5/c8-5-1-3-4(6(9)10)2-11-7(3)12-5/h3-4,7H,1-2H2,(H,9,10)/t3-,4-,7-/m1/s1. The molecule has 2 heterocycles. The fourth-order valence-corrected chi connectivity index (χ4v) is 1.62. The second-order valence-electron chi connectivity index (χ2n) is 3.00. The van der Waals surface area contributed by atoms with Crippen LogP contribution in [0.5, 0.6) is 0 Å². The third kappa shape index (κ3) is 0.972. The molecule has 0 bridgehead atoms. The van der Waals surface area contributed by atoms with Gasteiger partial charge in [0.05, 0.1) is 18.9 Å². The van der Waals surface area contributed by atoms with Gasteiger partial charge in [0.1, 0.15) is 0 Å². The van der Waals surface area contributed by atoms with Gasteiger partial charge in [-0.2, -0.15) is 0 Å². The van der Waals surface area contributed by atoms with E-state index in [1.54, 1.807) is 0 Å². The zero-order chi connectivity index (χ0) is 8.72. The molecule has 3 atom stereocenters. The van der Waals surface area contributed by atoms with Crippen molar-refractivity contribution in [1.29, 1.82) is 0 Å². The normalized spacial score (nSPS) is 39.3. The topological polar surface area (TPSA) is 72.8 Å². The van der Waals surface area contributed by atoms with Crippen LogP contribution >= 0.6 is 0 Å². The molecule has 0 amide bonds. The number of carboxylic acids is 1. The Morgan fingerprint density at radius 3 is 3.00 bits per heavy atom. The second kappa shape index (κ2) is 2.45. The highest BCUT2D eigenvalue weighted by molar-refractivity contribution is 5.76. The minimum atomic E-state index is -0.916. The van der Waals surface area contributed by atoms with Crippen LogP contribution in [0.3, 0.4) is 0 Å². The Morgan fingerprint density at radius 2 is 2.33 bits per heavy atom. The van der Waals surface area contributed by atoms with Crippen LogP contribution in [0.15, 0.2) is 0 Å². The first kappa shape index (κ1) is 7.54. The quantitative estimate of drug-likeness (QED) is 0.545. The molecular weight excluding hydrogens is 164 g/mol. The second-order valence-corrected chi connectivity index (χ2v) is 3.00. The maximum atomic E-state index is 10.7. The molecule has 0 unspecified atom stereocenters. The molecule has 0 aromatic rings. The van der Waals surface area contributed by atoms with Gasteiger partial charge >= 0.3 is 11.9 Å². The van der Waals surface area contributed by atoms with E-state index < -0.39 is 18.2 Å². The Bertz CT molecular complexity index is 236. The van der Waals surface area contributed by atoms with Crippen LogP contribution in [0, 0.1) is 11.8 Å². The predicted molar refractivity (Wildman–Crippen MR) is 35.1 cm³/mol. The van der Waals surface area contributed by atoms with E-state index >= 15 is 0 Å². The van der Waals surface area contributed by atoms with Crippen molar-refractivity contribution in [3.05, 3.63) is 0 Å². The Labute approximate surface area is 68.3 Å². The molecule has 5 nitrogen and oxygen atoms in total. The van der Waals surface area contributed by atoms with Gasteiger partial charge < -0.3 is 14.6 Å². The highest BCUT2D eigenvalue weighted by Crippen LogP contribution is 2.36. The summed E-state index contributed by atoms with van der Waals surface area (Å²) in [7, 11) is 0. The molecule has 2 fully saturated rings. The molecule has 0 radical (unpaired) electrons. The summed E-state index contributed by atoms with van der Waals surface area (Å²) in [5, 5.41) is 8.70. The average Bonchev–Trinajstić information content (AvgIpc) is 2.43. The first-order chi connectivity index (χ1) is 5.68. The maximum absolute atomic E-state index is 10.7. The maximum Gasteiger partial charge on any atom is 0.309 e. The first-order valence-electron chi connectivity index (χ1n) is 3.72. The van der Waals surface area contributed by atoms with Crippen molar-refractivity contribution in [2.24, 2.45) is 11.8 Å². The number of fused-ring (bicyclic) bond motifs is 1. The van der Waals surface area contributed by atoms with Gasteiger partial charge in [0, 0.05) is 5.92 Å². The number of hydrogen-bond acceptors (Lipinski definition) is 4. The van der Waals surface area contributed by atoms with Crippen LogP contribution in [0.25, 0.3) is 0 Å². The van der Waals surface area contributed by atoms with Gasteiger partial charge in [-0.1, -0.05) is 0 Å². The molecule has 2 rings (SSSR count). The Balaban J connectivity index is 2.13. The van der Waals surface area contributed by atoms with Gasteiger partial charge in [-0.15, -0.1) is 0 Å². The molecule has 0 aliphatic carbocycles. The first-order valence-corrected chi connectivity index (χ1v) is 3.72. The van der Waals surface area contributed by atoms with Gasteiger partial charge in [-0.05, 0) is 0 Å². The summed E-state index contributed by atoms with van der Waals surface area (Å²) < 4.78 is 9.74. The minimum Gasteiger partial charge on any atom is -0.481 e. The Kier molecular flexibility index (Phi) is 1.54. The largest absolute Gasteiger partial charge is 0.481 e. The summed E-state index contributed by atoms with van der Waals surface area (Å²) >= 11 is 0. The summed E-state index contributed by atoms with van der Waals surface area (Å²) in [5.41, 5.74) is 0. The van der Waals surface area contributed by atoms with Crippen molar-refractivity contribution in [3.8, 4) is 0 Å². The zero-order valence-corrected chi connectivity index (χ0v) is 6.23. The van der Waals surface area contributed by atoms with Crippen molar-refractivity contribution < 1.29 is 24.2 Å². The summed E-state index contributed by atoms with van der Waals surface area (Å²) in [4.78, 5) is 21.3. The zero-order valence-electron chi connectivity index (χ0n) is 6.23. The number of carbonyl (C=O) groups is 2. The number of hydrogen-bond donors (Lipinski definition) is 1. The Morgan fingerprint density at radius 1 is 1.58 bits per heavy atom. The fraction of sp³-hybridized carbons (Fsp3) is 0.714. The van der Waals surface area contributed by atoms with Crippen LogP contribution in [0.1, 0.15) is 6.42 Å². The molecule has 2 aliphatic heterocycles. The predicted octanol–water partition coefficient (Wildman–Crippen LogP) is -0.393. The van der Waals surface area contributed by atoms with Crippen molar-refractivity contribution in [2.75, 3.05) is 6.61 Å². The van der Waals surface area contributed by atoms with Crippen molar-refractivity contribution in [2.45, 2.75) is 12.7 Å². The molecule has 2 saturated heterocycles. The van der Waals surface area contributed by atoms with E-state index in [9.17, 15) is 9.59 Å². The van der Waals surface area contributed by atoms with Crippen LogP contribution < -0.4 is 0 Å². The molecule has 2 aliphatic rings. The molecule has 5 heteroatoms. The highest BCUT2D eigenvalue weighted by atomic mass is 16.7. The third-order valence-corrected chi connectivity index (χ3v) is 2.27. The summed E-state index contributed by atoms with van der Waals surface area (Å²) in [6.45, 7) is 0.151. The monoisotopic (exact) mass is 172 g/mol. The molecule has 66 valence electrons. The van der Waals surface area contributed by atoms with Crippen molar-refractivity contribution in [3.63, 3.8) is 0 Å². The smallest absolute Gasteiger partial charge is 0.309 e. The van der Waals surface area contributed by atoms with E-state index in [2.05, 4.69) is 0 Å². The van der Waals surface area contributed by atoms with E-state index in [0.29, 0.717) is 0 Å². The van der Waals surface area contributed by atoms with E-state index in [-0.39, 0.29) is 24.9 Å². The Hall–Kier alpha value is -1.10. The van der Waals surface area contributed by atoms with Crippen molar-refractivity contribution >= 4 is 11.9 Å². The molecule has 1 N–H and O–H groups in total. The number of aliphatic carboxylic acids is 1. The van der Waals surface area contributed by atoms with Crippen LogP contribution in [0.2, 0.25) is 0 Å². The van der Waals surface area contributed by atoms with Gasteiger partial charge in [0.15, 0.2) is 0 Å². The third-order valence-electron chi connectivity index (χ3n) is 2.27. The molecule has 0 spiro atoms. The lowest BCUT2D eigenvalue weighted by molar-refractivity contribution is -0.158. The summed E-state index contributed by atoms with van der Waals surface area (Å²) in [6.07, 6.45) is -0.444. The van der Waals surface area contributed by atoms with E-state index in [0.717, 1.165) is 0 Å². The molecule has 12 heavy (non-hydrogen) atoms. The number of carboxylic acid groups (broad SMARTS) is 1. The van der Waals surface area contributed by atoms with E-state index in [4.69, 9.17) is 14.6 Å². The van der Waals surface area contributed by atoms with Gasteiger partial charge in [-0.25, -0.2) is 0 Å². The van der Waals surface area contributed by atoms with Crippen LogP contribution in [-0.2, 0) is 19.1 Å². The number of ether oxygens (including phenoxy) is 2. The lowest BCUT2D eigenvalue weighted by atomic mass is 9.94. The molecular formula is C7H8O5. The number of carbonyl (C=O) groups excluding carboxylic acids is 1. The van der Waals surface area contributed by atoms with Gasteiger partial charge in [0.2, 0.25) is 6.29 Å². The van der Waals surface area contributed by atoms with E-state index in [1.807, 2.05) is 0 Å². The molecule has 0 aromatic heterocycles.